The zero-order valence-corrected chi connectivity index (χ0v) is 17.9. The van der Waals surface area contributed by atoms with Gasteiger partial charge in [0.05, 0.1) is 0 Å². The van der Waals surface area contributed by atoms with Crippen LogP contribution in [-0.2, 0) is 30.5 Å². The molecule has 2 aromatic carbocycles. The lowest BCUT2D eigenvalue weighted by Crippen LogP contribution is -2.53. The third-order valence-electron chi connectivity index (χ3n) is 7.36. The van der Waals surface area contributed by atoms with E-state index in [-0.39, 0.29) is 11.4 Å². The molecule has 1 aliphatic heterocycles. The molecule has 30 heavy (non-hydrogen) atoms. The van der Waals surface area contributed by atoms with E-state index in [9.17, 15) is 13.2 Å². The maximum absolute atomic E-state index is 13.8. The van der Waals surface area contributed by atoms with Gasteiger partial charge in [0.25, 0.3) is 0 Å². The Morgan fingerprint density at radius 2 is 1.97 bits per heavy atom. The van der Waals surface area contributed by atoms with Gasteiger partial charge >= 0.3 is 0 Å². The molecule has 2 fully saturated rings. The molecule has 3 aliphatic rings. The summed E-state index contributed by atoms with van der Waals surface area (Å²) >= 11 is -2.24. The van der Waals surface area contributed by atoms with E-state index in [0.29, 0.717) is 12.0 Å². The molecule has 0 spiro atoms. The minimum atomic E-state index is -2.24. The quantitative estimate of drug-likeness (QED) is 0.687. The van der Waals surface area contributed by atoms with Crippen molar-refractivity contribution in [3.63, 3.8) is 0 Å². The summed E-state index contributed by atoms with van der Waals surface area (Å²) < 4.78 is 39.1. The Hall–Kier alpha value is -1.60. The number of nitrogens with one attached hydrogen (secondary N) is 1. The molecule has 0 radical (unpaired) electrons. The fraction of sp³-hybridized carbons (Fsp3) is 0.500. The van der Waals surface area contributed by atoms with Crippen molar-refractivity contribution in [3.8, 4) is 0 Å². The Morgan fingerprint density at radius 1 is 1.13 bits per heavy atom. The Bertz CT molecular complexity index is 958. The van der Waals surface area contributed by atoms with Crippen molar-refractivity contribution in [3.05, 3.63) is 70.5 Å². The molecule has 4 nitrogen and oxygen atoms in total. The van der Waals surface area contributed by atoms with Crippen molar-refractivity contribution >= 4 is 11.3 Å². The highest BCUT2D eigenvalue weighted by Crippen LogP contribution is 2.42. The van der Waals surface area contributed by atoms with Gasteiger partial charge in [-0.1, -0.05) is 30.3 Å². The van der Waals surface area contributed by atoms with E-state index in [4.69, 9.17) is 0 Å². The highest BCUT2D eigenvalue weighted by Gasteiger charge is 2.40. The predicted molar refractivity (Wildman–Crippen MR) is 115 cm³/mol. The summed E-state index contributed by atoms with van der Waals surface area (Å²) in [5, 5.41) is 0. The summed E-state index contributed by atoms with van der Waals surface area (Å²) in [7, 11) is 0. The van der Waals surface area contributed by atoms with Crippen molar-refractivity contribution in [2.24, 2.45) is 0 Å². The average Bonchev–Trinajstić information content (AvgIpc) is 2.96. The van der Waals surface area contributed by atoms with Crippen LogP contribution in [0.3, 0.4) is 0 Å². The second-order valence-electron chi connectivity index (χ2n) is 9.28. The maximum Gasteiger partial charge on any atom is 0.123 e. The van der Waals surface area contributed by atoms with Crippen molar-refractivity contribution in [2.45, 2.75) is 62.4 Å². The fourth-order valence-electron chi connectivity index (χ4n) is 5.57. The molecule has 6 heteroatoms. The number of benzene rings is 2. The molecule has 1 saturated heterocycles. The lowest BCUT2D eigenvalue weighted by molar-refractivity contribution is 0.106. The van der Waals surface area contributed by atoms with Crippen LogP contribution in [-0.4, -0.2) is 38.3 Å². The Kier molecular flexibility index (Phi) is 5.52. The molecule has 3 atom stereocenters. The molecule has 2 aliphatic carbocycles. The second-order valence-corrected chi connectivity index (χ2v) is 9.96. The minimum absolute atomic E-state index is 0.177. The van der Waals surface area contributed by atoms with Gasteiger partial charge in [-0.15, -0.1) is 0 Å². The van der Waals surface area contributed by atoms with E-state index in [1.54, 1.807) is 12.1 Å². The second kappa shape index (κ2) is 8.15. The van der Waals surface area contributed by atoms with Crippen LogP contribution in [0, 0.1) is 5.82 Å². The zero-order valence-electron chi connectivity index (χ0n) is 17.1. The molecule has 1 saturated carbocycles. The highest BCUT2D eigenvalue weighted by atomic mass is 32.2. The maximum atomic E-state index is 13.8. The summed E-state index contributed by atoms with van der Waals surface area (Å²) in [6.07, 6.45) is 6.71. The zero-order chi connectivity index (χ0) is 20.7. The van der Waals surface area contributed by atoms with Crippen molar-refractivity contribution in [1.82, 2.24) is 9.62 Å². The van der Waals surface area contributed by atoms with Crippen LogP contribution in [0.15, 0.2) is 42.5 Å². The van der Waals surface area contributed by atoms with Gasteiger partial charge in [-0.3, -0.25) is 9.11 Å². The summed E-state index contributed by atoms with van der Waals surface area (Å²) in [5.74, 6) is 0.171. The van der Waals surface area contributed by atoms with E-state index in [1.807, 2.05) is 6.07 Å². The third kappa shape index (κ3) is 3.98. The van der Waals surface area contributed by atoms with E-state index < -0.39 is 11.3 Å². The summed E-state index contributed by atoms with van der Waals surface area (Å²) in [5.41, 5.74) is 4.67. The molecule has 5 rings (SSSR count). The first-order valence-corrected chi connectivity index (χ1v) is 12.1. The number of hydrogen-bond donors (Lipinski definition) is 1. The van der Waals surface area contributed by atoms with Gasteiger partial charge in [-0.2, -0.15) is 0 Å². The van der Waals surface area contributed by atoms with Crippen LogP contribution in [0.1, 0.15) is 53.9 Å². The molecule has 2 aromatic rings. The number of hydrogen-bond acceptors (Lipinski definition) is 3. The van der Waals surface area contributed by atoms with Crippen molar-refractivity contribution < 1.29 is 13.2 Å². The predicted octanol–water partition coefficient (Wildman–Crippen LogP) is 3.63. The van der Waals surface area contributed by atoms with Gasteiger partial charge in [-0.25, -0.2) is 9.11 Å². The van der Waals surface area contributed by atoms with E-state index in [2.05, 4.69) is 27.8 Å². The topological polar surface area (TPSA) is 55.4 Å². The molecule has 3 unspecified atom stereocenters. The molecular formula is C24H28FN2O2S-. The van der Waals surface area contributed by atoms with Crippen LogP contribution in [0.25, 0.3) is 0 Å². The van der Waals surface area contributed by atoms with Gasteiger partial charge in [0, 0.05) is 28.8 Å². The minimum Gasteiger partial charge on any atom is -0.760 e. The van der Waals surface area contributed by atoms with Crippen molar-refractivity contribution in [2.75, 3.05) is 13.1 Å². The molecule has 0 aromatic heterocycles. The number of nitrogens with zero attached hydrogens (tertiary/aromatic N) is 1. The van der Waals surface area contributed by atoms with E-state index >= 15 is 0 Å². The smallest absolute Gasteiger partial charge is 0.123 e. The average molecular weight is 428 g/mol. The number of rotatable bonds is 7. The summed E-state index contributed by atoms with van der Waals surface area (Å²) in [6, 6.07) is 14.2. The highest BCUT2D eigenvalue weighted by molar-refractivity contribution is 7.77. The standard InChI is InChI=1S/C24H29FN2O2S/c25-20-5-1-4-17(12-20)13-22-21-14-18(16-24(8-2-9-24)26-30(28)29)6-7-19(21)15-23(22)27-10-3-11-27/h1,4-7,12,14,22-23,26H,2-3,8-11,13,15-16H2,(H,28,29)/p-1. The fourth-order valence-corrected chi connectivity index (χ4v) is 6.20. The van der Waals surface area contributed by atoms with Gasteiger partial charge < -0.3 is 4.55 Å². The molecule has 0 amide bonds. The molecule has 0 bridgehead atoms. The van der Waals surface area contributed by atoms with Gasteiger partial charge in [0.15, 0.2) is 0 Å². The lowest BCUT2D eigenvalue weighted by atomic mass is 9.73. The van der Waals surface area contributed by atoms with Gasteiger partial charge in [-0.05, 0) is 92.4 Å². The first-order chi connectivity index (χ1) is 14.5. The Labute approximate surface area is 180 Å². The summed E-state index contributed by atoms with van der Waals surface area (Å²) in [4.78, 5) is 2.57. The monoisotopic (exact) mass is 427 g/mol. The van der Waals surface area contributed by atoms with Crippen molar-refractivity contribution in [1.29, 1.82) is 0 Å². The van der Waals surface area contributed by atoms with Crippen LogP contribution in [0.2, 0.25) is 0 Å². The molecule has 1 heterocycles. The lowest BCUT2D eigenvalue weighted by Gasteiger charge is -2.43. The first-order valence-electron chi connectivity index (χ1n) is 11.0. The van der Waals surface area contributed by atoms with Gasteiger partial charge in [0.1, 0.15) is 5.82 Å². The number of fused-ring (bicyclic) bond motifs is 1. The number of halogens is 1. The van der Waals surface area contributed by atoms with E-state index in [1.165, 1.54) is 29.2 Å². The van der Waals surface area contributed by atoms with Crippen LogP contribution in [0.5, 0.6) is 0 Å². The Morgan fingerprint density at radius 3 is 2.60 bits per heavy atom. The Balaban J connectivity index is 1.43. The third-order valence-corrected chi connectivity index (χ3v) is 7.96. The molecular weight excluding hydrogens is 399 g/mol. The normalized spacial score (nSPS) is 25.9. The van der Waals surface area contributed by atoms with E-state index in [0.717, 1.165) is 57.2 Å². The van der Waals surface area contributed by atoms with Gasteiger partial charge in [0.2, 0.25) is 0 Å². The first kappa shape index (κ1) is 20.3. The largest absolute Gasteiger partial charge is 0.760 e. The molecule has 1 N–H and O–H groups in total. The molecule has 160 valence electrons. The SMILES string of the molecule is O=S([O-])NC1(Cc2ccc3c(c2)C(Cc2cccc(F)c2)C(N2CCC2)C3)CCC1. The van der Waals surface area contributed by atoms with Crippen LogP contribution in [0.4, 0.5) is 4.39 Å². The van der Waals surface area contributed by atoms with Crippen LogP contribution >= 0.6 is 0 Å². The number of likely N-dealkylation sites (tertiary alicyclic amines) is 1. The summed E-state index contributed by atoms with van der Waals surface area (Å²) in [6.45, 7) is 2.29. The van der Waals surface area contributed by atoms with Crippen LogP contribution < -0.4 is 4.72 Å².